The summed E-state index contributed by atoms with van der Waals surface area (Å²) in [5.74, 6) is 0.0310. The topological polar surface area (TPSA) is 169 Å². The predicted molar refractivity (Wildman–Crippen MR) is 177 cm³/mol. The highest BCUT2D eigenvalue weighted by Gasteiger charge is 2.44. The van der Waals surface area contributed by atoms with E-state index in [1.807, 2.05) is 77.9 Å². The fourth-order valence-corrected chi connectivity index (χ4v) is 6.69. The second-order valence-electron chi connectivity index (χ2n) is 14.6. The summed E-state index contributed by atoms with van der Waals surface area (Å²) in [6.07, 6.45) is 3.23. The summed E-state index contributed by atoms with van der Waals surface area (Å²) in [5.41, 5.74) is 3.22. The average molecular weight is 640 g/mol. The number of benzene rings is 2. The van der Waals surface area contributed by atoms with Gasteiger partial charge < -0.3 is 20.9 Å². The molecule has 2 heterocycles. The van der Waals surface area contributed by atoms with Crippen molar-refractivity contribution in [3.05, 3.63) is 75.6 Å². The van der Waals surface area contributed by atoms with Crippen LogP contribution in [0, 0.1) is 11.3 Å². The van der Waals surface area contributed by atoms with Crippen molar-refractivity contribution in [2.75, 3.05) is 19.6 Å². The van der Waals surface area contributed by atoms with E-state index in [0.29, 0.717) is 55.7 Å². The van der Waals surface area contributed by atoms with Gasteiger partial charge in [-0.25, -0.2) is 0 Å². The third kappa shape index (κ3) is 7.36. The van der Waals surface area contributed by atoms with Gasteiger partial charge >= 0.3 is 0 Å². The fourth-order valence-electron chi connectivity index (χ4n) is 6.69. The molecular formula is C35H45N9O3. The molecular weight excluding hydrogens is 594 g/mol. The number of tetrazole rings is 1. The zero-order valence-electron chi connectivity index (χ0n) is 28.2. The van der Waals surface area contributed by atoms with Crippen LogP contribution in [0.2, 0.25) is 0 Å². The van der Waals surface area contributed by atoms with E-state index < -0.39 is 16.5 Å². The Morgan fingerprint density at radius 1 is 0.957 bits per heavy atom. The molecule has 248 valence electrons. The smallest absolute Gasteiger partial charge is 0.251 e. The molecule has 0 saturated carbocycles. The highest BCUT2D eigenvalue weighted by molar-refractivity contribution is 5.96. The molecule has 5 rings (SSSR count). The standard InChI is InChI=1S/C35H45N9O3/c1-33(2,3)38-30(46)24-11-13-27-22(18-24)9-10-23-19-25(31(47)39-34(4,5)6)12-14-28(23)35(27,32-40-42-43-41-32)15-16-37-21-29(45)44-17-7-8-26(44)20-36/h11-14,18-19,26,37H,7-10,15-17,21H2,1-6H3,(H,38,46)(H,39,47)(H,40,41,42,43). The molecule has 3 aromatic rings. The summed E-state index contributed by atoms with van der Waals surface area (Å²) in [6.45, 7) is 12.8. The number of aromatic nitrogens is 4. The number of likely N-dealkylation sites (tertiary alicyclic amines) is 1. The molecule has 1 aromatic heterocycles. The van der Waals surface area contributed by atoms with Crippen molar-refractivity contribution in [3.8, 4) is 6.07 Å². The molecule has 1 aliphatic carbocycles. The van der Waals surface area contributed by atoms with E-state index in [-0.39, 0.29) is 30.3 Å². The van der Waals surface area contributed by atoms with Gasteiger partial charge in [0.1, 0.15) is 6.04 Å². The summed E-state index contributed by atoms with van der Waals surface area (Å²) >= 11 is 0. The van der Waals surface area contributed by atoms with Crippen LogP contribution in [0.1, 0.15) is 110 Å². The number of H-pyrrole nitrogens is 1. The van der Waals surface area contributed by atoms with Crippen molar-refractivity contribution in [2.24, 2.45) is 0 Å². The number of rotatable bonds is 8. The number of nitrogens with zero attached hydrogens (tertiary/aromatic N) is 5. The maximum Gasteiger partial charge on any atom is 0.251 e. The minimum absolute atomic E-state index is 0.0953. The Hall–Kier alpha value is -4.63. The van der Waals surface area contributed by atoms with Gasteiger partial charge in [0.05, 0.1) is 18.0 Å². The second kappa shape index (κ2) is 13.2. The minimum atomic E-state index is -0.912. The molecule has 1 fully saturated rings. The Kier molecular flexibility index (Phi) is 9.50. The molecule has 1 aliphatic heterocycles. The lowest BCUT2D eigenvalue weighted by Crippen LogP contribution is -2.42. The lowest BCUT2D eigenvalue weighted by molar-refractivity contribution is -0.130. The number of nitriles is 1. The zero-order chi connectivity index (χ0) is 34.0. The van der Waals surface area contributed by atoms with E-state index in [2.05, 4.69) is 42.6 Å². The SMILES string of the molecule is CC(C)(C)NC(=O)c1ccc2c(c1)CCc1cc(C(=O)NC(C)(C)C)ccc1C2(CCNCC(=O)N1CCCC1C#N)c1nn[nH]n1. The first kappa shape index (κ1) is 33.7. The second-order valence-corrected chi connectivity index (χ2v) is 14.6. The van der Waals surface area contributed by atoms with Crippen LogP contribution in [0.5, 0.6) is 0 Å². The van der Waals surface area contributed by atoms with Crippen molar-refractivity contribution >= 4 is 17.7 Å². The Balaban J connectivity index is 1.56. The number of hydrogen-bond acceptors (Lipinski definition) is 8. The van der Waals surface area contributed by atoms with Gasteiger partial charge in [0, 0.05) is 28.7 Å². The molecule has 4 N–H and O–H groups in total. The Morgan fingerprint density at radius 3 is 2.02 bits per heavy atom. The van der Waals surface area contributed by atoms with E-state index >= 15 is 0 Å². The lowest BCUT2D eigenvalue weighted by atomic mass is 9.69. The molecule has 0 spiro atoms. The number of carbonyl (C=O) groups is 3. The molecule has 2 aromatic carbocycles. The monoisotopic (exact) mass is 639 g/mol. The lowest BCUT2D eigenvalue weighted by Gasteiger charge is -2.34. The number of carbonyl (C=O) groups excluding carboxylic acids is 3. The van der Waals surface area contributed by atoms with E-state index in [1.54, 1.807) is 4.90 Å². The van der Waals surface area contributed by atoms with Crippen LogP contribution in [-0.4, -0.2) is 80.0 Å². The van der Waals surface area contributed by atoms with Crippen LogP contribution < -0.4 is 16.0 Å². The highest BCUT2D eigenvalue weighted by Crippen LogP contribution is 2.46. The van der Waals surface area contributed by atoms with Crippen molar-refractivity contribution in [2.45, 2.75) is 96.2 Å². The molecule has 3 amide bonds. The van der Waals surface area contributed by atoms with Crippen LogP contribution in [0.15, 0.2) is 36.4 Å². The van der Waals surface area contributed by atoms with Crippen molar-refractivity contribution in [1.29, 1.82) is 5.26 Å². The van der Waals surface area contributed by atoms with Crippen LogP contribution in [0.3, 0.4) is 0 Å². The summed E-state index contributed by atoms with van der Waals surface area (Å²) in [5, 5.41) is 34.5. The maximum atomic E-state index is 13.2. The third-order valence-corrected chi connectivity index (χ3v) is 8.70. The van der Waals surface area contributed by atoms with Crippen molar-refractivity contribution < 1.29 is 14.4 Å². The Bertz CT molecular complexity index is 1600. The van der Waals surface area contributed by atoms with E-state index in [9.17, 15) is 19.6 Å². The molecule has 0 bridgehead atoms. The van der Waals surface area contributed by atoms with Gasteiger partial charge in [-0.2, -0.15) is 10.5 Å². The maximum absolute atomic E-state index is 13.2. The van der Waals surface area contributed by atoms with Crippen molar-refractivity contribution in [1.82, 2.24) is 41.5 Å². The zero-order valence-corrected chi connectivity index (χ0v) is 28.2. The average Bonchev–Trinajstić information content (AvgIpc) is 3.69. The number of hydrogen-bond donors (Lipinski definition) is 4. The largest absolute Gasteiger partial charge is 0.347 e. The molecule has 1 atom stereocenters. The molecule has 2 aliphatic rings. The van der Waals surface area contributed by atoms with E-state index in [0.717, 1.165) is 28.7 Å². The molecule has 12 nitrogen and oxygen atoms in total. The molecule has 47 heavy (non-hydrogen) atoms. The molecule has 0 radical (unpaired) electrons. The van der Waals surface area contributed by atoms with Crippen LogP contribution in [-0.2, 0) is 23.1 Å². The van der Waals surface area contributed by atoms with Gasteiger partial charge in [0.15, 0.2) is 5.82 Å². The number of nitrogens with one attached hydrogen (secondary N) is 4. The van der Waals surface area contributed by atoms with Gasteiger partial charge in [-0.05, 0) is 127 Å². The normalized spacial score (nSPS) is 17.2. The van der Waals surface area contributed by atoms with Gasteiger partial charge in [-0.15, -0.1) is 10.2 Å². The Labute approximate surface area is 276 Å². The van der Waals surface area contributed by atoms with Gasteiger partial charge in [-0.3, -0.25) is 14.4 Å². The molecule has 12 heteroatoms. The van der Waals surface area contributed by atoms with Gasteiger partial charge in [0.25, 0.3) is 11.8 Å². The van der Waals surface area contributed by atoms with Crippen molar-refractivity contribution in [3.63, 3.8) is 0 Å². The number of aromatic amines is 1. The summed E-state index contributed by atoms with van der Waals surface area (Å²) in [7, 11) is 0. The summed E-state index contributed by atoms with van der Waals surface area (Å²) in [6, 6.07) is 13.3. The summed E-state index contributed by atoms with van der Waals surface area (Å²) < 4.78 is 0. The minimum Gasteiger partial charge on any atom is -0.347 e. The van der Waals surface area contributed by atoms with Gasteiger partial charge in [0.2, 0.25) is 5.91 Å². The Morgan fingerprint density at radius 2 is 1.53 bits per heavy atom. The van der Waals surface area contributed by atoms with E-state index in [4.69, 9.17) is 0 Å². The number of amides is 3. The summed E-state index contributed by atoms with van der Waals surface area (Å²) in [4.78, 5) is 41.2. The van der Waals surface area contributed by atoms with Gasteiger partial charge in [-0.1, -0.05) is 17.3 Å². The van der Waals surface area contributed by atoms with Crippen LogP contribution >= 0.6 is 0 Å². The third-order valence-electron chi connectivity index (χ3n) is 8.70. The first-order valence-corrected chi connectivity index (χ1v) is 16.3. The number of fused-ring (bicyclic) bond motifs is 2. The van der Waals surface area contributed by atoms with E-state index in [1.165, 1.54) is 0 Å². The number of aryl methyl sites for hydroxylation is 2. The quantitative estimate of drug-likeness (QED) is 0.273. The van der Waals surface area contributed by atoms with Crippen LogP contribution in [0.25, 0.3) is 0 Å². The predicted octanol–water partition coefficient (Wildman–Crippen LogP) is 3.18. The first-order chi connectivity index (χ1) is 22.2. The first-order valence-electron chi connectivity index (χ1n) is 16.3. The molecule has 1 unspecified atom stereocenters. The fraction of sp³-hybridized carbons (Fsp3) is 0.514. The molecule has 1 saturated heterocycles. The van der Waals surface area contributed by atoms with Crippen LogP contribution in [0.4, 0.5) is 0 Å². The highest BCUT2D eigenvalue weighted by atomic mass is 16.2.